The van der Waals surface area contributed by atoms with Gasteiger partial charge < -0.3 is 0 Å². The molecule has 18 heavy (non-hydrogen) atoms. The van der Waals surface area contributed by atoms with Crippen LogP contribution in [0.5, 0.6) is 0 Å². The smallest absolute Gasteiger partial charge is 0.146 e. The van der Waals surface area contributed by atoms with Crippen LogP contribution >= 0.6 is 45.8 Å². The zero-order valence-corrected chi connectivity index (χ0v) is 13.4. The first-order valence-corrected chi connectivity index (χ1v) is 7.39. The van der Waals surface area contributed by atoms with E-state index in [1.807, 2.05) is 24.3 Å². The van der Waals surface area contributed by atoms with Crippen LogP contribution in [0.2, 0.25) is 10.2 Å². The van der Waals surface area contributed by atoms with Gasteiger partial charge in [0.2, 0.25) is 0 Å². The van der Waals surface area contributed by atoms with E-state index in [-0.39, 0.29) is 0 Å². The van der Waals surface area contributed by atoms with Gasteiger partial charge in [-0.05, 0) is 46.7 Å². The van der Waals surface area contributed by atoms with E-state index in [1.54, 1.807) is 0 Å². The summed E-state index contributed by atoms with van der Waals surface area (Å²) in [5.74, 6) is 0.750. The Morgan fingerprint density at radius 3 is 2.39 bits per heavy atom. The van der Waals surface area contributed by atoms with Crippen LogP contribution in [0, 0.1) is 3.57 Å². The van der Waals surface area contributed by atoms with E-state index in [0.29, 0.717) is 11.6 Å². The zero-order valence-electron chi connectivity index (χ0n) is 9.75. The van der Waals surface area contributed by atoms with Crippen LogP contribution in [0.15, 0.2) is 24.3 Å². The largest absolute Gasteiger partial charge is 0.236 e. The molecular formula is C13H11Cl2IN2. The number of rotatable bonds is 3. The molecule has 1 aromatic carbocycles. The predicted octanol–water partition coefficient (Wildman–Crippen LogP) is 4.54. The summed E-state index contributed by atoms with van der Waals surface area (Å²) >= 11 is 14.1. The molecule has 0 fully saturated rings. The Balaban J connectivity index is 2.29. The highest BCUT2D eigenvalue weighted by Gasteiger charge is 2.09. The average Bonchev–Trinajstić information content (AvgIpc) is 2.36. The fraction of sp³-hybridized carbons (Fsp3) is 0.231. The van der Waals surface area contributed by atoms with E-state index in [0.717, 1.165) is 32.1 Å². The van der Waals surface area contributed by atoms with Crippen molar-refractivity contribution in [3.8, 4) is 0 Å². The molecule has 0 amide bonds. The first-order chi connectivity index (χ1) is 8.60. The van der Waals surface area contributed by atoms with Gasteiger partial charge in [-0.1, -0.05) is 42.3 Å². The lowest BCUT2D eigenvalue weighted by atomic mass is 10.1. The summed E-state index contributed by atoms with van der Waals surface area (Å²) in [6.45, 7) is 2.06. The van der Waals surface area contributed by atoms with E-state index in [4.69, 9.17) is 23.2 Å². The molecule has 0 aliphatic carbocycles. The van der Waals surface area contributed by atoms with Crippen molar-refractivity contribution in [3.05, 3.63) is 55.1 Å². The Hall–Kier alpha value is -0.390. The minimum Gasteiger partial charge on any atom is -0.236 e. The number of aryl methyl sites for hydroxylation is 1. The van der Waals surface area contributed by atoms with Gasteiger partial charge in [0.05, 0.1) is 9.26 Å². The Morgan fingerprint density at radius 1 is 1.11 bits per heavy atom. The molecule has 2 nitrogen and oxygen atoms in total. The van der Waals surface area contributed by atoms with Crippen LogP contribution in [0.4, 0.5) is 0 Å². The number of benzene rings is 1. The van der Waals surface area contributed by atoms with Crippen LogP contribution in [0.1, 0.15) is 24.0 Å². The maximum atomic E-state index is 6.11. The molecule has 5 heteroatoms. The molecule has 2 aromatic rings. The Labute approximate surface area is 130 Å². The summed E-state index contributed by atoms with van der Waals surface area (Å²) in [7, 11) is 0. The first kappa shape index (κ1) is 14.0. The molecule has 0 radical (unpaired) electrons. The zero-order chi connectivity index (χ0) is 13.1. The van der Waals surface area contributed by atoms with Gasteiger partial charge in [0.1, 0.15) is 11.0 Å². The summed E-state index contributed by atoms with van der Waals surface area (Å²) in [6, 6.07) is 7.68. The summed E-state index contributed by atoms with van der Waals surface area (Å²) < 4.78 is 0.941. The van der Waals surface area contributed by atoms with Gasteiger partial charge >= 0.3 is 0 Å². The monoisotopic (exact) mass is 392 g/mol. The van der Waals surface area contributed by atoms with Crippen LogP contribution in [-0.4, -0.2) is 9.97 Å². The number of hydrogen-bond donors (Lipinski definition) is 0. The molecule has 0 aliphatic heterocycles. The van der Waals surface area contributed by atoms with Crippen molar-refractivity contribution in [2.24, 2.45) is 0 Å². The molecule has 0 saturated heterocycles. The Bertz CT molecular complexity index is 556. The second-order valence-electron chi connectivity index (χ2n) is 3.85. The van der Waals surface area contributed by atoms with E-state index < -0.39 is 0 Å². The number of nitrogens with zero attached hydrogens (tertiary/aromatic N) is 2. The summed E-state index contributed by atoms with van der Waals surface area (Å²) in [4.78, 5) is 8.85. The fourth-order valence-corrected chi connectivity index (χ4v) is 2.56. The van der Waals surface area contributed by atoms with Crippen molar-refractivity contribution in [3.63, 3.8) is 0 Å². The molecule has 0 bridgehead atoms. The molecule has 0 spiro atoms. The highest BCUT2D eigenvalue weighted by atomic mass is 127. The molecule has 0 saturated carbocycles. The van der Waals surface area contributed by atoms with E-state index in [2.05, 4.69) is 39.5 Å². The lowest BCUT2D eigenvalue weighted by Gasteiger charge is -2.06. The lowest BCUT2D eigenvalue weighted by molar-refractivity contribution is 0.895. The quantitative estimate of drug-likeness (QED) is 0.566. The van der Waals surface area contributed by atoms with Crippen molar-refractivity contribution >= 4 is 45.8 Å². The third-order valence-electron chi connectivity index (χ3n) is 2.54. The Kier molecular flexibility index (Phi) is 4.81. The van der Waals surface area contributed by atoms with Gasteiger partial charge in [-0.3, -0.25) is 0 Å². The lowest BCUT2D eigenvalue weighted by Crippen LogP contribution is -2.03. The Morgan fingerprint density at radius 2 is 1.78 bits per heavy atom. The third kappa shape index (κ3) is 3.33. The average molecular weight is 393 g/mol. The van der Waals surface area contributed by atoms with Crippen LogP contribution < -0.4 is 0 Å². The molecular weight excluding hydrogens is 382 g/mol. The van der Waals surface area contributed by atoms with Crippen molar-refractivity contribution in [2.45, 2.75) is 19.8 Å². The number of halogens is 3. The van der Waals surface area contributed by atoms with Crippen molar-refractivity contribution < 1.29 is 0 Å². The normalized spacial score (nSPS) is 10.7. The summed E-state index contributed by atoms with van der Waals surface area (Å²) in [5.41, 5.74) is 2.12. The minimum atomic E-state index is 0.534. The van der Waals surface area contributed by atoms with E-state index in [1.165, 1.54) is 0 Å². The molecule has 2 rings (SSSR count). The molecule has 1 aromatic heterocycles. The van der Waals surface area contributed by atoms with Crippen LogP contribution in [-0.2, 0) is 12.8 Å². The van der Waals surface area contributed by atoms with E-state index in [9.17, 15) is 0 Å². The summed E-state index contributed by atoms with van der Waals surface area (Å²) in [6.07, 6.45) is 1.52. The van der Waals surface area contributed by atoms with Crippen LogP contribution in [0.3, 0.4) is 0 Å². The highest BCUT2D eigenvalue weighted by Crippen LogP contribution is 2.21. The fourth-order valence-electron chi connectivity index (χ4n) is 1.61. The number of aromatic nitrogens is 2. The number of hydrogen-bond acceptors (Lipinski definition) is 2. The minimum absolute atomic E-state index is 0.534. The highest BCUT2D eigenvalue weighted by molar-refractivity contribution is 14.1. The van der Waals surface area contributed by atoms with Gasteiger partial charge in [-0.25, -0.2) is 9.97 Å². The van der Waals surface area contributed by atoms with Gasteiger partial charge in [0.25, 0.3) is 0 Å². The summed E-state index contributed by atoms with van der Waals surface area (Å²) in [5, 5.41) is 1.26. The molecule has 0 atom stereocenters. The second-order valence-corrected chi connectivity index (χ2v) is 5.72. The standard InChI is InChI=1S/C13H11Cl2IN2/c1-2-10-12(16)13(15)18-11(17-10)7-8-3-5-9(14)6-4-8/h3-6H,2,7H2,1H3. The molecule has 0 unspecified atom stereocenters. The van der Waals surface area contributed by atoms with Crippen molar-refractivity contribution in [2.75, 3.05) is 0 Å². The maximum Gasteiger partial charge on any atom is 0.146 e. The SMILES string of the molecule is CCc1nc(Cc2ccc(Cl)cc2)nc(Cl)c1I. The maximum absolute atomic E-state index is 6.11. The van der Waals surface area contributed by atoms with Crippen LogP contribution in [0.25, 0.3) is 0 Å². The van der Waals surface area contributed by atoms with E-state index >= 15 is 0 Å². The third-order valence-corrected chi connectivity index (χ3v) is 4.51. The first-order valence-electron chi connectivity index (χ1n) is 5.55. The van der Waals surface area contributed by atoms with Crippen molar-refractivity contribution in [1.82, 2.24) is 9.97 Å². The molecule has 1 heterocycles. The van der Waals surface area contributed by atoms with Gasteiger partial charge in [-0.2, -0.15) is 0 Å². The second kappa shape index (κ2) is 6.17. The van der Waals surface area contributed by atoms with Gasteiger partial charge in [0, 0.05) is 11.4 Å². The van der Waals surface area contributed by atoms with Crippen molar-refractivity contribution in [1.29, 1.82) is 0 Å². The molecule has 0 aliphatic rings. The van der Waals surface area contributed by atoms with Gasteiger partial charge in [-0.15, -0.1) is 0 Å². The molecule has 94 valence electrons. The predicted molar refractivity (Wildman–Crippen MR) is 83.4 cm³/mol. The van der Waals surface area contributed by atoms with Gasteiger partial charge in [0.15, 0.2) is 0 Å². The topological polar surface area (TPSA) is 25.8 Å². The molecule has 0 N–H and O–H groups in total.